The fraction of sp³-hybridized carbons (Fsp3) is 0.600. The number of carbonyl (C=O) groups is 1. The van der Waals surface area contributed by atoms with Crippen molar-refractivity contribution in [1.82, 2.24) is 15.1 Å². The average molecular weight is 209 g/mol. The molecule has 1 amide bonds. The number of nitrogens with zero attached hydrogens (tertiary/aromatic N) is 2. The molecule has 1 fully saturated rings. The molecule has 1 heterocycles. The van der Waals surface area contributed by atoms with Crippen molar-refractivity contribution in [3.63, 3.8) is 0 Å². The van der Waals surface area contributed by atoms with Crippen molar-refractivity contribution in [1.29, 1.82) is 0 Å². The quantitative estimate of drug-likeness (QED) is 0.704. The molecule has 0 radical (unpaired) electrons. The first-order chi connectivity index (χ1) is 7.25. The Hall–Kier alpha value is -1.36. The molecule has 1 aliphatic carbocycles. The molecule has 82 valence electrons. The van der Waals surface area contributed by atoms with E-state index in [1.807, 2.05) is 0 Å². The summed E-state index contributed by atoms with van der Waals surface area (Å²) >= 11 is 0. The van der Waals surface area contributed by atoms with Crippen molar-refractivity contribution in [3.05, 3.63) is 18.5 Å². The smallest absolute Gasteiger partial charge is 0.241 e. The van der Waals surface area contributed by atoms with Gasteiger partial charge in [-0.05, 0) is 24.8 Å². The van der Waals surface area contributed by atoms with E-state index < -0.39 is 0 Å². The van der Waals surface area contributed by atoms with Gasteiger partial charge in [0.2, 0.25) is 5.91 Å². The molecule has 0 aliphatic heterocycles. The highest BCUT2D eigenvalue weighted by atomic mass is 16.3. The van der Waals surface area contributed by atoms with Crippen LogP contribution in [-0.2, 0) is 11.3 Å². The first kappa shape index (κ1) is 10.2. The van der Waals surface area contributed by atoms with Gasteiger partial charge in [-0.2, -0.15) is 5.10 Å². The van der Waals surface area contributed by atoms with Gasteiger partial charge in [0.1, 0.15) is 6.54 Å². The van der Waals surface area contributed by atoms with Gasteiger partial charge >= 0.3 is 0 Å². The molecule has 1 saturated carbocycles. The Morgan fingerprint density at radius 1 is 1.67 bits per heavy atom. The number of nitrogens with one attached hydrogen (secondary N) is 1. The van der Waals surface area contributed by atoms with Gasteiger partial charge in [-0.1, -0.05) is 0 Å². The molecular formula is C10H15N3O2. The van der Waals surface area contributed by atoms with Crippen LogP contribution in [0.1, 0.15) is 12.8 Å². The molecule has 5 heteroatoms. The Morgan fingerprint density at radius 2 is 2.47 bits per heavy atom. The molecule has 1 atom stereocenters. The van der Waals surface area contributed by atoms with E-state index in [0.29, 0.717) is 12.5 Å². The van der Waals surface area contributed by atoms with Crippen molar-refractivity contribution >= 4 is 5.91 Å². The lowest BCUT2D eigenvalue weighted by Gasteiger charge is -2.10. The van der Waals surface area contributed by atoms with Crippen LogP contribution in [0, 0.1) is 5.92 Å². The fourth-order valence-corrected chi connectivity index (χ4v) is 1.46. The minimum atomic E-state index is -0.383. The predicted molar refractivity (Wildman–Crippen MR) is 54.0 cm³/mol. The Balaban J connectivity index is 1.68. The van der Waals surface area contributed by atoms with Crippen molar-refractivity contribution in [2.45, 2.75) is 25.5 Å². The van der Waals surface area contributed by atoms with Crippen LogP contribution in [0.4, 0.5) is 0 Å². The standard InChI is InChI=1S/C10H15N3O2/c14-9(8-2-3-8)6-11-10(15)7-13-5-1-4-12-13/h1,4-5,8-9,14H,2-3,6-7H2,(H,11,15). The summed E-state index contributed by atoms with van der Waals surface area (Å²) in [5, 5.41) is 16.1. The third-order valence-corrected chi connectivity index (χ3v) is 2.54. The normalized spacial score (nSPS) is 17.4. The number of hydrogen-bond acceptors (Lipinski definition) is 3. The summed E-state index contributed by atoms with van der Waals surface area (Å²) in [4.78, 5) is 11.4. The van der Waals surface area contributed by atoms with E-state index in [4.69, 9.17) is 0 Å². The SMILES string of the molecule is O=C(Cn1cccn1)NCC(O)C1CC1. The number of aromatic nitrogens is 2. The molecule has 1 aromatic heterocycles. The Kier molecular flexibility index (Phi) is 3.01. The molecule has 0 saturated heterocycles. The van der Waals surface area contributed by atoms with Gasteiger partial charge in [0, 0.05) is 18.9 Å². The van der Waals surface area contributed by atoms with Crippen LogP contribution >= 0.6 is 0 Å². The van der Waals surface area contributed by atoms with E-state index >= 15 is 0 Å². The summed E-state index contributed by atoms with van der Waals surface area (Å²) in [6.07, 6.45) is 5.14. The Labute approximate surface area is 88.1 Å². The summed E-state index contributed by atoms with van der Waals surface area (Å²) in [6, 6.07) is 1.77. The lowest BCUT2D eigenvalue weighted by atomic mass is 10.2. The second kappa shape index (κ2) is 4.44. The molecule has 1 aromatic rings. The summed E-state index contributed by atoms with van der Waals surface area (Å²) in [5.41, 5.74) is 0. The van der Waals surface area contributed by atoms with Crippen molar-refractivity contribution in [2.75, 3.05) is 6.54 Å². The number of aliphatic hydroxyl groups excluding tert-OH is 1. The topological polar surface area (TPSA) is 67.2 Å². The van der Waals surface area contributed by atoms with Gasteiger partial charge in [-0.3, -0.25) is 9.48 Å². The first-order valence-electron chi connectivity index (χ1n) is 5.18. The van der Waals surface area contributed by atoms with E-state index in [-0.39, 0.29) is 18.6 Å². The van der Waals surface area contributed by atoms with Gasteiger partial charge in [0.05, 0.1) is 6.10 Å². The van der Waals surface area contributed by atoms with Crippen LogP contribution in [0.15, 0.2) is 18.5 Å². The van der Waals surface area contributed by atoms with Crippen LogP contribution in [-0.4, -0.2) is 33.4 Å². The Morgan fingerprint density at radius 3 is 3.07 bits per heavy atom. The molecule has 2 N–H and O–H groups in total. The summed E-state index contributed by atoms with van der Waals surface area (Å²) in [6.45, 7) is 0.565. The van der Waals surface area contributed by atoms with Crippen LogP contribution < -0.4 is 5.32 Å². The molecule has 2 rings (SSSR count). The Bertz CT molecular complexity index is 319. The highest BCUT2D eigenvalue weighted by Crippen LogP contribution is 2.32. The van der Waals surface area contributed by atoms with Crippen LogP contribution in [0.3, 0.4) is 0 Å². The van der Waals surface area contributed by atoms with Crippen LogP contribution in [0.5, 0.6) is 0 Å². The van der Waals surface area contributed by atoms with Crippen LogP contribution in [0.25, 0.3) is 0 Å². The number of amides is 1. The maximum atomic E-state index is 11.4. The zero-order valence-electron chi connectivity index (χ0n) is 8.47. The van der Waals surface area contributed by atoms with E-state index in [2.05, 4.69) is 10.4 Å². The minimum absolute atomic E-state index is 0.113. The molecule has 0 bridgehead atoms. The molecule has 0 spiro atoms. The van der Waals surface area contributed by atoms with E-state index in [0.717, 1.165) is 12.8 Å². The molecule has 1 unspecified atom stereocenters. The van der Waals surface area contributed by atoms with Crippen molar-refractivity contribution in [3.8, 4) is 0 Å². The lowest BCUT2D eigenvalue weighted by molar-refractivity contribution is -0.122. The van der Waals surface area contributed by atoms with Gasteiger partial charge < -0.3 is 10.4 Å². The number of aliphatic hydroxyl groups is 1. The second-order valence-electron chi connectivity index (χ2n) is 3.91. The maximum absolute atomic E-state index is 11.4. The molecule has 15 heavy (non-hydrogen) atoms. The lowest BCUT2D eigenvalue weighted by Crippen LogP contribution is -2.35. The van der Waals surface area contributed by atoms with E-state index in [9.17, 15) is 9.90 Å². The van der Waals surface area contributed by atoms with Gasteiger partial charge in [0.25, 0.3) is 0 Å². The molecule has 5 nitrogen and oxygen atoms in total. The van der Waals surface area contributed by atoms with Gasteiger partial charge in [-0.15, -0.1) is 0 Å². The highest BCUT2D eigenvalue weighted by molar-refractivity contribution is 5.75. The molecule has 0 aromatic carbocycles. The van der Waals surface area contributed by atoms with Crippen molar-refractivity contribution < 1.29 is 9.90 Å². The number of carbonyl (C=O) groups excluding carboxylic acids is 1. The van der Waals surface area contributed by atoms with Gasteiger partial charge in [0.15, 0.2) is 0 Å². The van der Waals surface area contributed by atoms with Gasteiger partial charge in [-0.25, -0.2) is 0 Å². The third-order valence-electron chi connectivity index (χ3n) is 2.54. The summed E-state index contributed by atoms with van der Waals surface area (Å²) in [7, 11) is 0. The highest BCUT2D eigenvalue weighted by Gasteiger charge is 2.29. The zero-order valence-corrected chi connectivity index (χ0v) is 8.47. The van der Waals surface area contributed by atoms with E-state index in [1.54, 1.807) is 23.1 Å². The summed E-state index contributed by atoms with van der Waals surface area (Å²) < 4.78 is 1.55. The average Bonchev–Trinajstić information content (AvgIpc) is 2.95. The summed E-state index contributed by atoms with van der Waals surface area (Å²) in [5.74, 6) is 0.286. The van der Waals surface area contributed by atoms with Crippen molar-refractivity contribution in [2.24, 2.45) is 5.92 Å². The first-order valence-corrected chi connectivity index (χ1v) is 5.18. The second-order valence-corrected chi connectivity index (χ2v) is 3.91. The maximum Gasteiger partial charge on any atom is 0.241 e. The minimum Gasteiger partial charge on any atom is -0.391 e. The largest absolute Gasteiger partial charge is 0.391 e. The monoisotopic (exact) mass is 209 g/mol. The van der Waals surface area contributed by atoms with E-state index in [1.165, 1.54) is 0 Å². The number of rotatable bonds is 5. The molecular weight excluding hydrogens is 194 g/mol. The van der Waals surface area contributed by atoms with Crippen LogP contribution in [0.2, 0.25) is 0 Å². The predicted octanol–water partition coefficient (Wildman–Crippen LogP) is -0.230. The third kappa shape index (κ3) is 3.06. The fourth-order valence-electron chi connectivity index (χ4n) is 1.46. The number of hydrogen-bond donors (Lipinski definition) is 2. The molecule has 1 aliphatic rings. The zero-order chi connectivity index (χ0) is 10.7.